The summed E-state index contributed by atoms with van der Waals surface area (Å²) in [6, 6.07) is 8.78. The molecule has 0 fully saturated rings. The van der Waals surface area contributed by atoms with Gasteiger partial charge in [0.15, 0.2) is 0 Å². The Morgan fingerprint density at radius 1 is 0.789 bits per heavy atom. The van der Waals surface area contributed by atoms with Gasteiger partial charge in [-0.05, 0) is 48.5 Å². The lowest BCUT2D eigenvalue weighted by Gasteiger charge is -2.23. The molecule has 100 valence electrons. The highest BCUT2D eigenvalue weighted by atomic mass is 31.2. The lowest BCUT2D eigenvalue weighted by atomic mass is 10.3. The van der Waals surface area contributed by atoms with E-state index in [9.17, 15) is 18.2 Å². The molecule has 0 atom stereocenters. The third-order valence-corrected chi connectivity index (χ3v) is 2.93. The van der Waals surface area contributed by atoms with Crippen LogP contribution < -0.4 is 13.9 Å². The zero-order chi connectivity index (χ0) is 13.9. The van der Waals surface area contributed by atoms with E-state index in [1.54, 1.807) is 0 Å². The molecular formula is C12H8F2O4P-. The van der Waals surface area contributed by atoms with Crippen LogP contribution in [-0.2, 0) is 4.57 Å². The van der Waals surface area contributed by atoms with Crippen LogP contribution in [0.15, 0.2) is 48.5 Å². The minimum atomic E-state index is -4.66. The van der Waals surface area contributed by atoms with Crippen LogP contribution in [-0.4, -0.2) is 0 Å². The molecule has 19 heavy (non-hydrogen) atoms. The lowest BCUT2D eigenvalue weighted by Crippen LogP contribution is -2.13. The van der Waals surface area contributed by atoms with Gasteiger partial charge in [0, 0.05) is 0 Å². The first-order valence-electron chi connectivity index (χ1n) is 5.16. The molecule has 0 aromatic heterocycles. The van der Waals surface area contributed by atoms with Crippen molar-refractivity contribution < 1.29 is 27.3 Å². The maximum atomic E-state index is 12.6. The average Bonchev–Trinajstić information content (AvgIpc) is 2.34. The van der Waals surface area contributed by atoms with Crippen molar-refractivity contribution in [3.63, 3.8) is 0 Å². The van der Waals surface area contributed by atoms with Gasteiger partial charge < -0.3 is 13.9 Å². The molecule has 2 rings (SSSR count). The number of hydrogen-bond donors (Lipinski definition) is 0. The summed E-state index contributed by atoms with van der Waals surface area (Å²) in [4.78, 5) is 11.5. The highest BCUT2D eigenvalue weighted by molar-refractivity contribution is 7.46. The second-order valence-electron chi connectivity index (χ2n) is 3.54. The first kappa shape index (κ1) is 13.5. The summed E-state index contributed by atoms with van der Waals surface area (Å²) < 4.78 is 46.0. The molecule has 0 bridgehead atoms. The van der Waals surface area contributed by atoms with E-state index < -0.39 is 19.5 Å². The topological polar surface area (TPSA) is 58.6 Å². The molecule has 0 saturated carbocycles. The summed E-state index contributed by atoms with van der Waals surface area (Å²) >= 11 is 0. The fraction of sp³-hybridized carbons (Fsp3) is 0. The highest BCUT2D eigenvalue weighted by Gasteiger charge is 2.13. The number of phosphoric acid groups is 1. The van der Waals surface area contributed by atoms with Crippen molar-refractivity contribution in [3.05, 3.63) is 60.2 Å². The molecule has 7 heteroatoms. The monoisotopic (exact) mass is 285 g/mol. The van der Waals surface area contributed by atoms with Gasteiger partial charge in [-0.3, -0.25) is 0 Å². The molecular weight excluding hydrogens is 277 g/mol. The molecule has 4 nitrogen and oxygen atoms in total. The van der Waals surface area contributed by atoms with E-state index in [1.807, 2.05) is 0 Å². The summed E-state index contributed by atoms with van der Waals surface area (Å²) in [5, 5.41) is 0. The van der Waals surface area contributed by atoms with Crippen LogP contribution in [0, 0.1) is 11.6 Å². The number of halogens is 2. The Kier molecular flexibility index (Phi) is 3.83. The van der Waals surface area contributed by atoms with E-state index in [0.29, 0.717) is 0 Å². The summed E-state index contributed by atoms with van der Waals surface area (Å²) in [6.45, 7) is 0. The third-order valence-electron chi connectivity index (χ3n) is 2.06. The average molecular weight is 285 g/mol. The quantitative estimate of drug-likeness (QED) is 0.810. The number of benzene rings is 2. The zero-order valence-corrected chi connectivity index (χ0v) is 10.3. The Hall–Kier alpha value is -1.91. The van der Waals surface area contributed by atoms with Crippen LogP contribution in [0.2, 0.25) is 0 Å². The second-order valence-corrected chi connectivity index (χ2v) is 4.80. The molecule has 0 heterocycles. The number of hydrogen-bond acceptors (Lipinski definition) is 4. The normalized spacial score (nSPS) is 11.1. The molecule has 2 aromatic carbocycles. The van der Waals surface area contributed by atoms with Crippen LogP contribution >= 0.6 is 7.82 Å². The van der Waals surface area contributed by atoms with Crippen molar-refractivity contribution in [1.82, 2.24) is 0 Å². The van der Waals surface area contributed by atoms with Gasteiger partial charge in [0.1, 0.15) is 23.1 Å². The predicted molar refractivity (Wildman–Crippen MR) is 61.7 cm³/mol. The smallest absolute Gasteiger partial charge is 0.372 e. The molecule has 0 unspecified atom stereocenters. The van der Waals surface area contributed by atoms with Gasteiger partial charge in [-0.1, -0.05) is 0 Å². The number of rotatable bonds is 4. The molecule has 0 aliphatic rings. The van der Waals surface area contributed by atoms with Gasteiger partial charge in [0.25, 0.3) is 0 Å². The summed E-state index contributed by atoms with van der Waals surface area (Å²) in [6.07, 6.45) is 0. The predicted octanol–water partition coefficient (Wildman–Crippen LogP) is 2.89. The summed E-state index contributed by atoms with van der Waals surface area (Å²) in [7, 11) is -4.66. The van der Waals surface area contributed by atoms with Crippen LogP contribution in [0.25, 0.3) is 0 Å². The minimum Gasteiger partial charge on any atom is -0.736 e. The Morgan fingerprint density at radius 2 is 1.11 bits per heavy atom. The minimum absolute atomic E-state index is 0.0816. The van der Waals surface area contributed by atoms with Crippen molar-refractivity contribution >= 4 is 7.82 Å². The van der Waals surface area contributed by atoms with E-state index in [4.69, 9.17) is 0 Å². The molecule has 0 amide bonds. The van der Waals surface area contributed by atoms with Crippen molar-refractivity contribution in [3.8, 4) is 11.5 Å². The largest absolute Gasteiger partial charge is 0.736 e. The molecule has 0 spiro atoms. The van der Waals surface area contributed by atoms with Crippen LogP contribution in [0.5, 0.6) is 11.5 Å². The van der Waals surface area contributed by atoms with E-state index in [0.717, 1.165) is 48.5 Å². The van der Waals surface area contributed by atoms with Crippen molar-refractivity contribution in [2.24, 2.45) is 0 Å². The lowest BCUT2D eigenvalue weighted by molar-refractivity contribution is -0.208. The van der Waals surface area contributed by atoms with Crippen LogP contribution in [0.3, 0.4) is 0 Å². The molecule has 0 aliphatic heterocycles. The third kappa shape index (κ3) is 4.05. The van der Waals surface area contributed by atoms with E-state index in [-0.39, 0.29) is 11.5 Å². The first-order valence-corrected chi connectivity index (χ1v) is 6.62. The van der Waals surface area contributed by atoms with Gasteiger partial charge in [0.2, 0.25) is 0 Å². The standard InChI is InChI=1S/C12H9F2O4P/c13-9-1-5-11(6-2-9)17-19(15,16)18-12-7-3-10(14)4-8-12/h1-8H,(H,15,16)/p-1. The zero-order valence-electron chi connectivity index (χ0n) is 9.45. The van der Waals surface area contributed by atoms with Gasteiger partial charge in [-0.2, -0.15) is 0 Å². The molecule has 0 N–H and O–H groups in total. The molecule has 0 saturated heterocycles. The van der Waals surface area contributed by atoms with Gasteiger partial charge in [0.05, 0.1) is 0 Å². The van der Waals surface area contributed by atoms with E-state index in [1.165, 1.54) is 0 Å². The maximum Gasteiger partial charge on any atom is 0.372 e. The maximum absolute atomic E-state index is 12.6. The second kappa shape index (κ2) is 5.38. The van der Waals surface area contributed by atoms with Gasteiger partial charge in [-0.25, -0.2) is 13.3 Å². The Bertz CT molecular complexity index is 547. The van der Waals surface area contributed by atoms with Crippen molar-refractivity contribution in [2.45, 2.75) is 0 Å². The summed E-state index contributed by atoms with van der Waals surface area (Å²) in [5.41, 5.74) is 0. The van der Waals surface area contributed by atoms with Gasteiger partial charge >= 0.3 is 7.82 Å². The van der Waals surface area contributed by atoms with Crippen LogP contribution in [0.1, 0.15) is 0 Å². The molecule has 0 radical (unpaired) electrons. The Labute approximate surface area is 107 Å². The Balaban J connectivity index is 2.08. The molecule has 2 aromatic rings. The summed E-state index contributed by atoms with van der Waals surface area (Å²) in [5.74, 6) is -1.20. The fourth-order valence-electron chi connectivity index (χ4n) is 1.27. The van der Waals surface area contributed by atoms with E-state index in [2.05, 4.69) is 9.05 Å². The number of phosphoric ester groups is 1. The SMILES string of the molecule is O=P([O-])(Oc1ccc(F)cc1)Oc1ccc(F)cc1. The van der Waals surface area contributed by atoms with Crippen molar-refractivity contribution in [1.29, 1.82) is 0 Å². The van der Waals surface area contributed by atoms with Crippen molar-refractivity contribution in [2.75, 3.05) is 0 Å². The van der Waals surface area contributed by atoms with Crippen LogP contribution in [0.4, 0.5) is 8.78 Å². The first-order chi connectivity index (χ1) is 8.94. The highest BCUT2D eigenvalue weighted by Crippen LogP contribution is 2.40. The molecule has 0 aliphatic carbocycles. The van der Waals surface area contributed by atoms with E-state index >= 15 is 0 Å². The van der Waals surface area contributed by atoms with Gasteiger partial charge in [-0.15, -0.1) is 0 Å². The Morgan fingerprint density at radius 3 is 1.42 bits per heavy atom. The fourth-order valence-corrected chi connectivity index (χ4v) is 2.06.